The topological polar surface area (TPSA) is 80.5 Å². The summed E-state index contributed by atoms with van der Waals surface area (Å²) in [4.78, 5) is 15.3. The molecule has 0 fully saturated rings. The number of hydrogen-bond acceptors (Lipinski definition) is 4. The Morgan fingerprint density at radius 1 is 1.62 bits per heavy atom. The van der Waals surface area contributed by atoms with Crippen molar-refractivity contribution in [1.82, 2.24) is 19.9 Å². The molecule has 0 aliphatic heterocycles. The Kier molecular flexibility index (Phi) is 1.94. The van der Waals surface area contributed by atoms with Crippen molar-refractivity contribution in [1.29, 1.82) is 0 Å². The van der Waals surface area contributed by atoms with Crippen LogP contribution in [-0.2, 0) is 6.42 Å². The Labute approximate surface area is 75.4 Å². The van der Waals surface area contributed by atoms with Gasteiger partial charge in [-0.25, -0.2) is 15.0 Å². The van der Waals surface area contributed by atoms with Crippen molar-refractivity contribution in [2.75, 3.05) is 0 Å². The Balaban J connectivity index is 2.38. The first-order valence-electron chi connectivity index (χ1n) is 4.16. The number of nitrogens with zero attached hydrogens (tertiary/aromatic N) is 3. The van der Waals surface area contributed by atoms with Crippen molar-refractivity contribution < 1.29 is 0 Å². The van der Waals surface area contributed by atoms with Crippen LogP contribution < -0.4 is 5.73 Å². The predicted octanol–water partition coefficient (Wildman–Crippen LogP) is 0.243. The van der Waals surface area contributed by atoms with Crippen LogP contribution in [-0.4, -0.2) is 26.0 Å². The average molecular weight is 177 g/mol. The van der Waals surface area contributed by atoms with Gasteiger partial charge in [0.05, 0.1) is 6.20 Å². The van der Waals surface area contributed by atoms with E-state index in [1.165, 1.54) is 6.33 Å². The van der Waals surface area contributed by atoms with Gasteiger partial charge in [-0.1, -0.05) is 0 Å². The SMILES string of the molecule is CC(N)Cc1nc2ncncc2[nH]1. The van der Waals surface area contributed by atoms with E-state index in [1.54, 1.807) is 6.20 Å². The maximum Gasteiger partial charge on any atom is 0.180 e. The number of aromatic amines is 1. The molecule has 5 nitrogen and oxygen atoms in total. The van der Waals surface area contributed by atoms with Crippen molar-refractivity contribution in [3.05, 3.63) is 18.3 Å². The number of rotatable bonds is 2. The molecule has 2 rings (SSSR count). The lowest BCUT2D eigenvalue weighted by Gasteiger charge is -1.98. The van der Waals surface area contributed by atoms with Gasteiger partial charge in [0.15, 0.2) is 5.65 Å². The molecule has 0 saturated heterocycles. The molecule has 0 aliphatic rings. The number of nitrogens with two attached hydrogens (primary N) is 1. The summed E-state index contributed by atoms with van der Waals surface area (Å²) < 4.78 is 0. The monoisotopic (exact) mass is 177 g/mol. The zero-order chi connectivity index (χ0) is 9.26. The highest BCUT2D eigenvalue weighted by molar-refractivity contribution is 5.68. The molecule has 0 aliphatic carbocycles. The Hall–Kier alpha value is -1.49. The average Bonchev–Trinajstić information content (AvgIpc) is 2.44. The minimum absolute atomic E-state index is 0.105. The van der Waals surface area contributed by atoms with Crippen molar-refractivity contribution in [3.63, 3.8) is 0 Å². The smallest absolute Gasteiger partial charge is 0.180 e. The van der Waals surface area contributed by atoms with Gasteiger partial charge in [0.2, 0.25) is 0 Å². The molecule has 5 heteroatoms. The number of nitrogens with one attached hydrogen (secondary N) is 1. The van der Waals surface area contributed by atoms with E-state index in [1.807, 2.05) is 6.92 Å². The van der Waals surface area contributed by atoms with E-state index in [9.17, 15) is 0 Å². The van der Waals surface area contributed by atoms with Crippen LogP contribution in [0.15, 0.2) is 12.5 Å². The van der Waals surface area contributed by atoms with Crippen molar-refractivity contribution in [3.8, 4) is 0 Å². The normalized spacial score (nSPS) is 13.4. The van der Waals surface area contributed by atoms with Crippen LogP contribution in [0.4, 0.5) is 0 Å². The first kappa shape index (κ1) is 8.12. The summed E-state index contributed by atoms with van der Waals surface area (Å²) in [6.07, 6.45) is 3.93. The number of H-pyrrole nitrogens is 1. The second-order valence-electron chi connectivity index (χ2n) is 3.12. The lowest BCUT2D eigenvalue weighted by molar-refractivity contribution is 0.711. The minimum Gasteiger partial charge on any atom is -0.339 e. The van der Waals surface area contributed by atoms with E-state index in [0.717, 1.165) is 17.8 Å². The largest absolute Gasteiger partial charge is 0.339 e. The van der Waals surface area contributed by atoms with Gasteiger partial charge in [-0.15, -0.1) is 0 Å². The molecular formula is C8H11N5. The first-order valence-corrected chi connectivity index (χ1v) is 4.16. The van der Waals surface area contributed by atoms with Gasteiger partial charge in [0, 0.05) is 12.5 Å². The Bertz CT molecular complexity index is 373. The number of imidazole rings is 1. The van der Waals surface area contributed by atoms with Crippen LogP contribution in [0.5, 0.6) is 0 Å². The molecule has 0 spiro atoms. The summed E-state index contributed by atoms with van der Waals surface area (Å²) in [7, 11) is 0. The molecule has 1 unspecified atom stereocenters. The molecule has 2 aromatic heterocycles. The zero-order valence-electron chi connectivity index (χ0n) is 7.36. The second kappa shape index (κ2) is 3.10. The number of fused-ring (bicyclic) bond motifs is 1. The van der Waals surface area contributed by atoms with Gasteiger partial charge < -0.3 is 10.7 Å². The molecule has 0 saturated carbocycles. The van der Waals surface area contributed by atoms with Crippen molar-refractivity contribution in [2.45, 2.75) is 19.4 Å². The fourth-order valence-electron chi connectivity index (χ4n) is 1.21. The number of aromatic nitrogens is 4. The molecular weight excluding hydrogens is 166 g/mol. The summed E-state index contributed by atoms with van der Waals surface area (Å²) in [6.45, 7) is 1.94. The maximum absolute atomic E-state index is 5.65. The molecule has 2 heterocycles. The third-order valence-electron chi connectivity index (χ3n) is 1.73. The van der Waals surface area contributed by atoms with Crippen LogP contribution >= 0.6 is 0 Å². The van der Waals surface area contributed by atoms with E-state index in [2.05, 4.69) is 19.9 Å². The summed E-state index contributed by atoms with van der Waals surface area (Å²) in [6, 6.07) is 0.105. The van der Waals surface area contributed by atoms with Crippen molar-refractivity contribution in [2.24, 2.45) is 5.73 Å². The molecule has 1 atom stereocenters. The predicted molar refractivity (Wildman–Crippen MR) is 49.0 cm³/mol. The summed E-state index contributed by atoms with van der Waals surface area (Å²) in [5.41, 5.74) is 7.21. The molecule has 2 aromatic rings. The highest BCUT2D eigenvalue weighted by atomic mass is 15.0. The standard InChI is InChI=1S/C8H11N5/c1-5(9)2-7-12-6-3-10-4-11-8(6)13-7/h3-5H,2,9H2,1H3,(H,10,11,12,13). The molecule has 0 aromatic carbocycles. The highest BCUT2D eigenvalue weighted by Gasteiger charge is 2.04. The lowest BCUT2D eigenvalue weighted by atomic mass is 10.2. The van der Waals surface area contributed by atoms with Gasteiger partial charge in [0.25, 0.3) is 0 Å². The molecule has 3 N–H and O–H groups in total. The molecule has 68 valence electrons. The van der Waals surface area contributed by atoms with Crippen LogP contribution in [0.1, 0.15) is 12.7 Å². The van der Waals surface area contributed by atoms with Gasteiger partial charge in [0.1, 0.15) is 17.7 Å². The van der Waals surface area contributed by atoms with Gasteiger partial charge in [-0.05, 0) is 6.92 Å². The van der Waals surface area contributed by atoms with E-state index in [4.69, 9.17) is 5.73 Å². The quantitative estimate of drug-likeness (QED) is 0.688. The lowest BCUT2D eigenvalue weighted by Crippen LogP contribution is -2.18. The fraction of sp³-hybridized carbons (Fsp3) is 0.375. The minimum atomic E-state index is 0.105. The maximum atomic E-state index is 5.65. The number of hydrogen-bond donors (Lipinski definition) is 2. The van der Waals surface area contributed by atoms with Crippen LogP contribution in [0.25, 0.3) is 11.2 Å². The molecule has 0 bridgehead atoms. The summed E-state index contributed by atoms with van der Waals surface area (Å²) in [5.74, 6) is 0.866. The van der Waals surface area contributed by atoms with Gasteiger partial charge in [-0.2, -0.15) is 0 Å². The van der Waals surface area contributed by atoms with E-state index in [-0.39, 0.29) is 6.04 Å². The second-order valence-corrected chi connectivity index (χ2v) is 3.12. The first-order chi connectivity index (χ1) is 6.25. The van der Waals surface area contributed by atoms with Crippen LogP contribution in [0, 0.1) is 0 Å². The summed E-state index contributed by atoms with van der Waals surface area (Å²) in [5, 5.41) is 0. The Morgan fingerprint density at radius 3 is 3.15 bits per heavy atom. The highest BCUT2D eigenvalue weighted by Crippen LogP contribution is 2.06. The van der Waals surface area contributed by atoms with Gasteiger partial charge >= 0.3 is 0 Å². The summed E-state index contributed by atoms with van der Waals surface area (Å²) >= 11 is 0. The van der Waals surface area contributed by atoms with Gasteiger partial charge in [-0.3, -0.25) is 0 Å². The molecule has 0 amide bonds. The van der Waals surface area contributed by atoms with Crippen LogP contribution in [0.3, 0.4) is 0 Å². The molecule has 0 radical (unpaired) electrons. The Morgan fingerprint density at radius 2 is 2.46 bits per heavy atom. The molecule has 13 heavy (non-hydrogen) atoms. The zero-order valence-corrected chi connectivity index (χ0v) is 7.36. The van der Waals surface area contributed by atoms with E-state index >= 15 is 0 Å². The van der Waals surface area contributed by atoms with E-state index < -0.39 is 0 Å². The van der Waals surface area contributed by atoms with Crippen molar-refractivity contribution >= 4 is 11.2 Å². The third-order valence-corrected chi connectivity index (χ3v) is 1.73. The van der Waals surface area contributed by atoms with E-state index in [0.29, 0.717) is 5.65 Å². The van der Waals surface area contributed by atoms with Crippen LogP contribution in [0.2, 0.25) is 0 Å². The fourth-order valence-corrected chi connectivity index (χ4v) is 1.21. The third kappa shape index (κ3) is 1.65.